The minimum absolute atomic E-state index is 0.00580. The maximum atomic E-state index is 12.3. The summed E-state index contributed by atoms with van der Waals surface area (Å²) >= 11 is 0. The van der Waals surface area contributed by atoms with Gasteiger partial charge in [-0.25, -0.2) is 4.79 Å². The van der Waals surface area contributed by atoms with Gasteiger partial charge in [-0.15, -0.1) is 0 Å². The molecule has 5 nitrogen and oxygen atoms in total. The Labute approximate surface area is 164 Å². The van der Waals surface area contributed by atoms with Crippen molar-refractivity contribution in [2.24, 2.45) is 5.92 Å². The topological polar surface area (TPSA) is 47.6 Å². The second kappa shape index (κ2) is 10.1. The van der Waals surface area contributed by atoms with Crippen LogP contribution in [-0.4, -0.2) is 60.6 Å². The van der Waals surface area contributed by atoms with E-state index in [1.54, 1.807) is 0 Å². The number of nitrogens with one attached hydrogen (secondary N) is 2. The molecule has 2 N–H and O–H groups in total. The Morgan fingerprint density at radius 1 is 1.07 bits per heavy atom. The average molecular weight is 373 g/mol. The zero-order valence-corrected chi connectivity index (χ0v) is 17.0. The summed E-state index contributed by atoms with van der Waals surface area (Å²) in [6, 6.07) is 11.3. The van der Waals surface area contributed by atoms with Crippen LogP contribution in [0.5, 0.6) is 0 Å². The van der Waals surface area contributed by atoms with Gasteiger partial charge in [-0.2, -0.15) is 0 Å². The summed E-state index contributed by atoms with van der Waals surface area (Å²) < 4.78 is 0. The highest BCUT2D eigenvalue weighted by Gasteiger charge is 2.22. The average Bonchev–Trinajstić information content (AvgIpc) is 2.69. The van der Waals surface area contributed by atoms with Crippen molar-refractivity contribution in [3.05, 3.63) is 35.9 Å². The lowest BCUT2D eigenvalue weighted by atomic mass is 9.98. The standard InChI is InChI=1S/C22H36N4O/c1-18-8-14-26(15-9-18)19(2)16-23-22(27)24-21-10-12-25(13-11-21)17-20-6-4-3-5-7-20/h3-7,18-19,21H,8-17H2,1-2H3,(H2,23,24,27). The summed E-state index contributed by atoms with van der Waals surface area (Å²) in [6.45, 7) is 10.7. The first-order valence-electron chi connectivity index (χ1n) is 10.6. The fraction of sp³-hybridized carbons (Fsp3) is 0.682. The molecule has 1 atom stereocenters. The van der Waals surface area contributed by atoms with Crippen LogP contribution in [0.2, 0.25) is 0 Å². The number of urea groups is 1. The predicted molar refractivity (Wildman–Crippen MR) is 111 cm³/mol. The van der Waals surface area contributed by atoms with Gasteiger partial charge in [0.1, 0.15) is 0 Å². The van der Waals surface area contributed by atoms with Gasteiger partial charge < -0.3 is 10.6 Å². The van der Waals surface area contributed by atoms with Crippen molar-refractivity contribution in [2.75, 3.05) is 32.7 Å². The Kier molecular flexibility index (Phi) is 7.53. The molecule has 0 aromatic heterocycles. The summed E-state index contributed by atoms with van der Waals surface area (Å²) in [5.74, 6) is 0.845. The van der Waals surface area contributed by atoms with Gasteiger partial charge in [-0.05, 0) is 57.2 Å². The van der Waals surface area contributed by atoms with Crippen molar-refractivity contribution in [1.29, 1.82) is 0 Å². The molecule has 27 heavy (non-hydrogen) atoms. The molecular weight excluding hydrogens is 336 g/mol. The van der Waals surface area contributed by atoms with E-state index in [4.69, 9.17) is 0 Å². The lowest BCUT2D eigenvalue weighted by Crippen LogP contribution is -2.51. The van der Waals surface area contributed by atoms with Gasteiger partial charge in [-0.3, -0.25) is 9.80 Å². The molecule has 2 amide bonds. The van der Waals surface area contributed by atoms with E-state index in [2.05, 4.69) is 64.6 Å². The number of carbonyl (C=O) groups excluding carboxylic acids is 1. The molecule has 2 aliphatic heterocycles. The Bertz CT molecular complexity index is 563. The summed E-state index contributed by atoms with van der Waals surface area (Å²) in [4.78, 5) is 17.2. The highest BCUT2D eigenvalue weighted by Crippen LogP contribution is 2.17. The molecule has 1 aromatic rings. The molecule has 2 fully saturated rings. The molecule has 0 saturated carbocycles. The van der Waals surface area contributed by atoms with Gasteiger partial charge in [0, 0.05) is 38.3 Å². The van der Waals surface area contributed by atoms with Crippen molar-refractivity contribution >= 4 is 6.03 Å². The Morgan fingerprint density at radius 3 is 2.41 bits per heavy atom. The lowest BCUT2D eigenvalue weighted by Gasteiger charge is -2.35. The molecule has 1 unspecified atom stereocenters. The third-order valence-electron chi connectivity index (χ3n) is 6.17. The van der Waals surface area contributed by atoms with Crippen LogP contribution < -0.4 is 10.6 Å². The predicted octanol–water partition coefficient (Wildman–Crippen LogP) is 3.07. The first-order valence-corrected chi connectivity index (χ1v) is 10.6. The normalized spacial score (nSPS) is 21.7. The first-order chi connectivity index (χ1) is 13.1. The van der Waals surface area contributed by atoms with Crippen LogP contribution in [0.4, 0.5) is 4.79 Å². The van der Waals surface area contributed by atoms with Crippen molar-refractivity contribution in [2.45, 2.75) is 58.2 Å². The van der Waals surface area contributed by atoms with E-state index in [0.717, 1.165) is 58.0 Å². The van der Waals surface area contributed by atoms with E-state index in [1.807, 2.05) is 0 Å². The quantitative estimate of drug-likeness (QED) is 0.807. The number of nitrogens with zero attached hydrogens (tertiary/aromatic N) is 2. The number of carbonyl (C=O) groups is 1. The van der Waals surface area contributed by atoms with Crippen LogP contribution in [0.25, 0.3) is 0 Å². The van der Waals surface area contributed by atoms with Crippen molar-refractivity contribution in [1.82, 2.24) is 20.4 Å². The minimum atomic E-state index is -0.00580. The SMILES string of the molecule is CC1CCN(C(C)CNC(=O)NC2CCN(Cc3ccccc3)CC2)CC1. The summed E-state index contributed by atoms with van der Waals surface area (Å²) in [5, 5.41) is 6.26. The summed E-state index contributed by atoms with van der Waals surface area (Å²) in [7, 11) is 0. The largest absolute Gasteiger partial charge is 0.337 e. The van der Waals surface area contributed by atoms with Crippen molar-refractivity contribution in [3.8, 4) is 0 Å². The highest BCUT2D eigenvalue weighted by molar-refractivity contribution is 5.74. The van der Waals surface area contributed by atoms with E-state index in [0.29, 0.717) is 12.1 Å². The van der Waals surface area contributed by atoms with Gasteiger partial charge in [0.15, 0.2) is 0 Å². The van der Waals surface area contributed by atoms with Crippen LogP contribution in [0.15, 0.2) is 30.3 Å². The van der Waals surface area contributed by atoms with Crippen LogP contribution >= 0.6 is 0 Å². The van der Waals surface area contributed by atoms with Gasteiger partial charge in [0.2, 0.25) is 0 Å². The number of benzene rings is 1. The van der Waals surface area contributed by atoms with Gasteiger partial charge >= 0.3 is 6.03 Å². The zero-order chi connectivity index (χ0) is 19.1. The second-order valence-corrected chi connectivity index (χ2v) is 8.46. The molecule has 0 bridgehead atoms. The number of piperidine rings is 2. The van der Waals surface area contributed by atoms with Crippen LogP contribution in [0, 0.1) is 5.92 Å². The van der Waals surface area contributed by atoms with Crippen LogP contribution in [-0.2, 0) is 6.54 Å². The Hall–Kier alpha value is -1.59. The Morgan fingerprint density at radius 2 is 1.74 bits per heavy atom. The highest BCUT2D eigenvalue weighted by atomic mass is 16.2. The number of hydrogen-bond acceptors (Lipinski definition) is 3. The summed E-state index contributed by atoms with van der Waals surface area (Å²) in [5.41, 5.74) is 1.36. The molecule has 3 rings (SSSR count). The minimum Gasteiger partial charge on any atom is -0.337 e. The number of likely N-dealkylation sites (tertiary alicyclic amines) is 2. The third-order valence-corrected chi connectivity index (χ3v) is 6.17. The molecule has 0 spiro atoms. The van der Waals surface area contributed by atoms with E-state index >= 15 is 0 Å². The maximum absolute atomic E-state index is 12.3. The number of amides is 2. The lowest BCUT2D eigenvalue weighted by molar-refractivity contribution is 0.144. The molecule has 2 aliphatic rings. The fourth-order valence-electron chi connectivity index (χ4n) is 4.15. The summed E-state index contributed by atoms with van der Waals surface area (Å²) in [6.07, 6.45) is 4.61. The van der Waals surface area contributed by atoms with Gasteiger partial charge in [0.05, 0.1) is 0 Å². The van der Waals surface area contributed by atoms with E-state index in [-0.39, 0.29) is 6.03 Å². The molecular formula is C22H36N4O. The molecule has 0 aliphatic carbocycles. The monoisotopic (exact) mass is 372 g/mol. The van der Waals surface area contributed by atoms with Crippen molar-refractivity contribution < 1.29 is 4.79 Å². The molecule has 0 radical (unpaired) electrons. The third kappa shape index (κ3) is 6.51. The van der Waals surface area contributed by atoms with Gasteiger partial charge in [0.25, 0.3) is 0 Å². The molecule has 2 saturated heterocycles. The Balaban J connectivity index is 1.31. The zero-order valence-electron chi connectivity index (χ0n) is 17.0. The number of hydrogen-bond donors (Lipinski definition) is 2. The van der Waals surface area contributed by atoms with E-state index in [1.165, 1.54) is 18.4 Å². The van der Waals surface area contributed by atoms with Crippen LogP contribution in [0.1, 0.15) is 45.1 Å². The fourth-order valence-corrected chi connectivity index (χ4v) is 4.15. The molecule has 2 heterocycles. The molecule has 150 valence electrons. The second-order valence-electron chi connectivity index (χ2n) is 8.46. The van der Waals surface area contributed by atoms with Crippen LogP contribution in [0.3, 0.4) is 0 Å². The van der Waals surface area contributed by atoms with E-state index in [9.17, 15) is 4.79 Å². The van der Waals surface area contributed by atoms with Gasteiger partial charge in [-0.1, -0.05) is 37.3 Å². The first kappa shape index (κ1) is 20.2. The number of rotatable bonds is 6. The van der Waals surface area contributed by atoms with E-state index < -0.39 is 0 Å². The smallest absolute Gasteiger partial charge is 0.315 e. The maximum Gasteiger partial charge on any atom is 0.315 e. The van der Waals surface area contributed by atoms with Crippen molar-refractivity contribution in [3.63, 3.8) is 0 Å². The molecule has 5 heteroatoms. The molecule has 1 aromatic carbocycles.